The van der Waals surface area contributed by atoms with Gasteiger partial charge in [0.25, 0.3) is 0 Å². The van der Waals surface area contributed by atoms with Crippen molar-refractivity contribution in [1.82, 2.24) is 0 Å². The number of aliphatic imine (C=N–C) groups is 1. The van der Waals surface area contributed by atoms with E-state index in [2.05, 4.69) is 4.99 Å². The highest BCUT2D eigenvalue weighted by Gasteiger charge is 2.23. The van der Waals surface area contributed by atoms with Crippen LogP contribution in [0, 0.1) is 0 Å². The quantitative estimate of drug-likeness (QED) is 0.403. The van der Waals surface area contributed by atoms with Crippen molar-refractivity contribution in [3.63, 3.8) is 0 Å². The number of nitrogens with zero attached hydrogens (tertiary/aromatic N) is 1. The molecule has 7 nitrogen and oxygen atoms in total. The summed E-state index contributed by atoms with van der Waals surface area (Å²) in [5, 5.41) is 0. The number of carbonyl (C=O) groups excluding carboxylic acids is 2. The van der Waals surface area contributed by atoms with Gasteiger partial charge in [-0.25, -0.2) is 9.59 Å². The van der Waals surface area contributed by atoms with E-state index in [-0.39, 0.29) is 24.9 Å². The number of ether oxygens (including phenoxy) is 2. The van der Waals surface area contributed by atoms with E-state index < -0.39 is 25.0 Å². The maximum Gasteiger partial charge on any atom is 0.434 e. The van der Waals surface area contributed by atoms with Crippen LogP contribution in [0.3, 0.4) is 0 Å². The lowest BCUT2D eigenvalue weighted by atomic mass is 10.2. The van der Waals surface area contributed by atoms with Crippen molar-refractivity contribution in [1.29, 1.82) is 0 Å². The fourth-order valence-electron chi connectivity index (χ4n) is 1.46. The number of hydrogen-bond acceptors (Lipinski definition) is 6. The van der Waals surface area contributed by atoms with Gasteiger partial charge in [0.2, 0.25) is 7.37 Å². The van der Waals surface area contributed by atoms with Gasteiger partial charge >= 0.3 is 12.1 Å². The molecular weight excluding hydrogens is 309 g/mol. The Balaban J connectivity index is 5.02. The molecule has 0 spiro atoms. The molecule has 0 rings (SSSR count). The van der Waals surface area contributed by atoms with Crippen molar-refractivity contribution in [3.8, 4) is 0 Å². The summed E-state index contributed by atoms with van der Waals surface area (Å²) in [5.41, 5.74) is -0.830. The normalized spacial score (nSPS) is 15.1. The van der Waals surface area contributed by atoms with E-state index in [1.807, 2.05) is 0 Å². The number of hydrogen-bond donors (Lipinski definition) is 0. The lowest BCUT2D eigenvalue weighted by Gasteiger charge is -2.18. The second-order valence-electron chi connectivity index (χ2n) is 5.66. The summed E-state index contributed by atoms with van der Waals surface area (Å²) in [7, 11) is -2.83. The molecule has 8 heteroatoms. The maximum atomic E-state index is 12.1. The van der Waals surface area contributed by atoms with Crippen molar-refractivity contribution < 1.29 is 28.2 Å². The van der Waals surface area contributed by atoms with Gasteiger partial charge in [0.05, 0.1) is 13.2 Å². The Morgan fingerprint density at radius 2 is 1.73 bits per heavy atom. The molecular formula is C14H26NO6P. The minimum atomic E-state index is -2.83. The number of esters is 1. The highest BCUT2D eigenvalue weighted by Crippen LogP contribution is 2.42. The van der Waals surface area contributed by atoms with Gasteiger partial charge in [-0.1, -0.05) is 0 Å². The van der Waals surface area contributed by atoms with Crippen LogP contribution in [0.1, 0.15) is 41.0 Å². The second-order valence-corrected chi connectivity index (χ2v) is 8.40. The standard InChI is InChI=1S/C14H26NO6P/c1-7-19-12(16)11(9-10-22(6,18)20-8-2)15-13(17)21-14(3,4)5/h7-10H2,1-6H3. The molecule has 1 unspecified atom stereocenters. The average molecular weight is 335 g/mol. The smallest absolute Gasteiger partial charge is 0.434 e. The molecule has 0 aliphatic rings. The molecule has 128 valence electrons. The minimum Gasteiger partial charge on any atom is -0.462 e. The van der Waals surface area contributed by atoms with Gasteiger partial charge in [-0.15, -0.1) is 0 Å². The van der Waals surface area contributed by atoms with E-state index in [9.17, 15) is 14.2 Å². The summed E-state index contributed by atoms with van der Waals surface area (Å²) in [6.45, 7) is 10.4. The predicted molar refractivity (Wildman–Crippen MR) is 84.9 cm³/mol. The Morgan fingerprint density at radius 3 is 2.18 bits per heavy atom. The molecule has 0 heterocycles. The lowest BCUT2D eigenvalue weighted by Crippen LogP contribution is -2.25. The van der Waals surface area contributed by atoms with Crippen molar-refractivity contribution in [3.05, 3.63) is 0 Å². The van der Waals surface area contributed by atoms with Crippen molar-refractivity contribution in [2.24, 2.45) is 4.99 Å². The fraction of sp³-hybridized carbons (Fsp3) is 0.786. The molecule has 0 bridgehead atoms. The third-order valence-corrected chi connectivity index (χ3v) is 4.13. The fourth-order valence-corrected chi connectivity index (χ4v) is 2.75. The first-order valence-electron chi connectivity index (χ1n) is 7.19. The molecule has 0 radical (unpaired) electrons. The van der Waals surface area contributed by atoms with Gasteiger partial charge in [-0.05, 0) is 34.6 Å². The van der Waals surface area contributed by atoms with Gasteiger partial charge in [-0.3, -0.25) is 4.57 Å². The first kappa shape index (κ1) is 20.8. The number of carbonyl (C=O) groups is 2. The van der Waals surface area contributed by atoms with Crippen LogP contribution < -0.4 is 0 Å². The average Bonchev–Trinajstić information content (AvgIpc) is 2.32. The summed E-state index contributed by atoms with van der Waals surface area (Å²) in [6.07, 6.45) is -0.759. The Hall–Kier alpha value is -1.20. The van der Waals surface area contributed by atoms with Crippen LogP contribution in [0.25, 0.3) is 0 Å². The van der Waals surface area contributed by atoms with Gasteiger partial charge < -0.3 is 14.0 Å². The van der Waals surface area contributed by atoms with Crippen LogP contribution in [-0.4, -0.2) is 49.4 Å². The van der Waals surface area contributed by atoms with E-state index >= 15 is 0 Å². The summed E-state index contributed by atoms with van der Waals surface area (Å²) in [6, 6.07) is 0. The summed E-state index contributed by atoms with van der Waals surface area (Å²) in [5.74, 6) is -0.718. The first-order chi connectivity index (χ1) is 10.0. The van der Waals surface area contributed by atoms with Crippen molar-refractivity contribution in [2.45, 2.75) is 46.6 Å². The Labute approximate surface area is 131 Å². The van der Waals surface area contributed by atoms with Crippen LogP contribution in [0.4, 0.5) is 4.79 Å². The van der Waals surface area contributed by atoms with Gasteiger partial charge in [0.15, 0.2) is 0 Å². The first-order valence-corrected chi connectivity index (χ1v) is 9.45. The monoisotopic (exact) mass is 335 g/mol. The number of amides is 1. The molecule has 22 heavy (non-hydrogen) atoms. The predicted octanol–water partition coefficient (Wildman–Crippen LogP) is 3.26. The topological polar surface area (TPSA) is 91.3 Å². The zero-order chi connectivity index (χ0) is 17.4. The molecule has 0 aliphatic heterocycles. The van der Waals surface area contributed by atoms with E-state index in [0.29, 0.717) is 6.61 Å². The Kier molecular flexibility index (Phi) is 8.56. The molecule has 0 saturated heterocycles. The molecule has 0 aromatic heterocycles. The maximum absolute atomic E-state index is 12.1. The summed E-state index contributed by atoms with van der Waals surface area (Å²) >= 11 is 0. The second kappa shape index (κ2) is 9.06. The number of rotatable bonds is 7. The van der Waals surface area contributed by atoms with E-state index in [0.717, 1.165) is 0 Å². The largest absolute Gasteiger partial charge is 0.462 e. The molecule has 0 aromatic rings. The van der Waals surface area contributed by atoms with Crippen LogP contribution in [-0.2, 0) is 23.4 Å². The third-order valence-electron chi connectivity index (χ3n) is 2.29. The molecule has 0 N–H and O–H groups in total. The highest BCUT2D eigenvalue weighted by atomic mass is 31.2. The summed E-state index contributed by atoms with van der Waals surface area (Å²) in [4.78, 5) is 27.2. The minimum absolute atomic E-state index is 0.0197. The SMILES string of the molecule is CCOC(=O)C(CCP(C)(=O)OCC)=NC(=O)OC(C)(C)C. The van der Waals surface area contributed by atoms with Gasteiger partial charge in [0, 0.05) is 19.2 Å². The lowest BCUT2D eigenvalue weighted by molar-refractivity contribution is -0.135. The van der Waals surface area contributed by atoms with Crippen molar-refractivity contribution in [2.75, 3.05) is 26.0 Å². The Morgan fingerprint density at radius 1 is 1.14 bits per heavy atom. The van der Waals surface area contributed by atoms with E-state index in [1.165, 1.54) is 6.66 Å². The Bertz CT molecular complexity index is 466. The van der Waals surface area contributed by atoms with E-state index in [1.54, 1.807) is 34.6 Å². The van der Waals surface area contributed by atoms with E-state index in [4.69, 9.17) is 14.0 Å². The van der Waals surface area contributed by atoms with Crippen molar-refractivity contribution >= 4 is 25.1 Å². The van der Waals surface area contributed by atoms with Gasteiger partial charge in [0.1, 0.15) is 11.3 Å². The van der Waals surface area contributed by atoms with Crippen LogP contribution in [0.5, 0.6) is 0 Å². The molecule has 0 fully saturated rings. The molecule has 0 aromatic carbocycles. The van der Waals surface area contributed by atoms with Crippen LogP contribution in [0.2, 0.25) is 0 Å². The molecule has 1 amide bonds. The molecule has 1 atom stereocenters. The zero-order valence-corrected chi connectivity index (χ0v) is 15.1. The third kappa shape index (κ3) is 9.68. The van der Waals surface area contributed by atoms with Gasteiger partial charge in [-0.2, -0.15) is 4.99 Å². The summed E-state index contributed by atoms with van der Waals surface area (Å²) < 4.78 is 27.1. The zero-order valence-electron chi connectivity index (χ0n) is 14.2. The molecule has 0 saturated carbocycles. The van der Waals surface area contributed by atoms with Crippen LogP contribution in [0.15, 0.2) is 4.99 Å². The molecule has 0 aliphatic carbocycles. The highest BCUT2D eigenvalue weighted by molar-refractivity contribution is 7.58. The van der Waals surface area contributed by atoms with Crippen LogP contribution >= 0.6 is 7.37 Å².